The summed E-state index contributed by atoms with van der Waals surface area (Å²) in [4.78, 5) is 0. The molecule has 0 atom stereocenters. The summed E-state index contributed by atoms with van der Waals surface area (Å²) in [6.45, 7) is 3.10. The van der Waals surface area contributed by atoms with Gasteiger partial charge in [0.05, 0.1) is 5.69 Å². The van der Waals surface area contributed by atoms with E-state index in [1.165, 1.54) is 8.61 Å². The van der Waals surface area contributed by atoms with Gasteiger partial charge in [-0.2, -0.15) is 12.7 Å². The molecule has 6 heteroatoms. The Morgan fingerprint density at radius 2 is 2.00 bits per heavy atom. The van der Waals surface area contributed by atoms with Crippen molar-refractivity contribution in [3.8, 4) is 0 Å². The van der Waals surface area contributed by atoms with Crippen LogP contribution < -0.4 is 4.31 Å². The molecule has 0 unspecified atom stereocenters. The van der Waals surface area contributed by atoms with Crippen molar-refractivity contribution >= 4 is 31.8 Å². The number of hydrogen-bond acceptors (Lipinski definition) is 2. The number of anilines is 1. The predicted octanol–water partition coefficient (Wildman–Crippen LogP) is 2.14. The third-order valence-corrected chi connectivity index (χ3v) is 5.42. The molecule has 1 aromatic carbocycles. The van der Waals surface area contributed by atoms with Crippen molar-refractivity contribution in [1.29, 1.82) is 0 Å². The first kappa shape index (κ1) is 12.9. The lowest BCUT2D eigenvalue weighted by Gasteiger charge is -2.34. The fourth-order valence-electron chi connectivity index (χ4n) is 1.89. The van der Waals surface area contributed by atoms with Crippen LogP contribution in [0.4, 0.5) is 5.69 Å². The molecule has 0 saturated carbocycles. The van der Waals surface area contributed by atoms with Crippen LogP contribution in [-0.2, 0) is 10.2 Å². The van der Waals surface area contributed by atoms with E-state index in [-0.39, 0.29) is 0 Å². The van der Waals surface area contributed by atoms with Gasteiger partial charge >= 0.3 is 10.2 Å². The molecular formula is C11H15BrN2O2S. The number of hydrogen-bond donors (Lipinski definition) is 0. The zero-order valence-corrected chi connectivity index (χ0v) is 12.3. The first-order valence-corrected chi connectivity index (χ1v) is 7.62. The van der Waals surface area contributed by atoms with Gasteiger partial charge in [-0.3, -0.25) is 4.31 Å². The van der Waals surface area contributed by atoms with Crippen LogP contribution in [0.25, 0.3) is 0 Å². The normalized spacial score (nSPS) is 20.5. The molecule has 0 bridgehead atoms. The molecule has 1 aliphatic heterocycles. The summed E-state index contributed by atoms with van der Waals surface area (Å²) < 4.78 is 28.0. The van der Waals surface area contributed by atoms with Crippen molar-refractivity contribution in [2.24, 2.45) is 0 Å². The molecule has 1 fully saturated rings. The van der Waals surface area contributed by atoms with Crippen LogP contribution in [0.3, 0.4) is 0 Å². The van der Waals surface area contributed by atoms with Gasteiger partial charge in [-0.1, -0.05) is 6.07 Å². The van der Waals surface area contributed by atoms with E-state index < -0.39 is 10.2 Å². The van der Waals surface area contributed by atoms with E-state index in [0.29, 0.717) is 18.8 Å². The van der Waals surface area contributed by atoms with Crippen LogP contribution in [0.5, 0.6) is 0 Å². The topological polar surface area (TPSA) is 40.6 Å². The summed E-state index contributed by atoms with van der Waals surface area (Å²) in [5.41, 5.74) is 1.81. The lowest BCUT2D eigenvalue weighted by Crippen LogP contribution is -2.48. The molecule has 1 saturated heterocycles. The van der Waals surface area contributed by atoms with Gasteiger partial charge in [0.15, 0.2) is 0 Å². The molecule has 1 heterocycles. The number of nitrogens with zero attached hydrogens (tertiary/aromatic N) is 2. The van der Waals surface area contributed by atoms with E-state index in [9.17, 15) is 8.42 Å². The minimum absolute atomic E-state index is 0.536. The third-order valence-electron chi connectivity index (χ3n) is 2.88. The highest BCUT2D eigenvalue weighted by Crippen LogP contribution is 2.31. The Hall–Kier alpha value is -0.590. The van der Waals surface area contributed by atoms with E-state index in [2.05, 4.69) is 15.9 Å². The number of rotatable bonds is 1. The van der Waals surface area contributed by atoms with Gasteiger partial charge in [0.1, 0.15) is 0 Å². The molecule has 94 valence electrons. The Labute approximate surface area is 111 Å². The maximum absolute atomic E-state index is 12.2. The standard InChI is InChI=1S/C11H15BrN2O2S/c1-9-4-5-11(10(12)8-9)14-7-3-6-13(2)17(14,15)16/h4-5,8H,3,6-7H2,1-2H3. The monoisotopic (exact) mass is 318 g/mol. The quantitative estimate of drug-likeness (QED) is 0.796. The average Bonchev–Trinajstić information content (AvgIpc) is 2.23. The Morgan fingerprint density at radius 3 is 2.65 bits per heavy atom. The summed E-state index contributed by atoms with van der Waals surface area (Å²) in [7, 11) is -1.74. The zero-order valence-electron chi connectivity index (χ0n) is 9.85. The molecule has 0 aliphatic carbocycles. The first-order valence-electron chi connectivity index (χ1n) is 5.43. The van der Waals surface area contributed by atoms with Crippen molar-refractivity contribution < 1.29 is 8.42 Å². The second-order valence-corrected chi connectivity index (χ2v) is 7.02. The van der Waals surface area contributed by atoms with Crippen molar-refractivity contribution in [2.45, 2.75) is 13.3 Å². The lowest BCUT2D eigenvalue weighted by atomic mass is 10.2. The zero-order chi connectivity index (χ0) is 12.6. The first-order chi connectivity index (χ1) is 7.93. The molecule has 1 aliphatic rings. The van der Waals surface area contributed by atoms with Crippen molar-refractivity contribution in [1.82, 2.24) is 4.31 Å². The largest absolute Gasteiger partial charge is 0.303 e. The number of halogens is 1. The number of aryl methyl sites for hydroxylation is 1. The van der Waals surface area contributed by atoms with Crippen LogP contribution in [-0.4, -0.2) is 32.9 Å². The van der Waals surface area contributed by atoms with Gasteiger partial charge in [0.2, 0.25) is 0 Å². The Morgan fingerprint density at radius 1 is 1.29 bits per heavy atom. The second kappa shape index (κ2) is 4.59. The molecule has 1 aromatic rings. The molecule has 17 heavy (non-hydrogen) atoms. The maximum atomic E-state index is 12.2. The van der Waals surface area contributed by atoms with E-state index in [4.69, 9.17) is 0 Å². The van der Waals surface area contributed by atoms with Crippen LogP contribution in [0.2, 0.25) is 0 Å². The van der Waals surface area contributed by atoms with Gasteiger partial charge in [-0.15, -0.1) is 0 Å². The van der Waals surface area contributed by atoms with E-state index in [1.54, 1.807) is 7.05 Å². The van der Waals surface area contributed by atoms with Gasteiger partial charge < -0.3 is 0 Å². The fraction of sp³-hybridized carbons (Fsp3) is 0.455. The van der Waals surface area contributed by atoms with Crippen LogP contribution in [0.1, 0.15) is 12.0 Å². The number of benzene rings is 1. The second-order valence-electron chi connectivity index (χ2n) is 4.21. The Bertz CT molecular complexity index is 530. The molecule has 0 aromatic heterocycles. The molecule has 0 radical (unpaired) electrons. The van der Waals surface area contributed by atoms with Gasteiger partial charge in [-0.25, -0.2) is 0 Å². The predicted molar refractivity (Wildman–Crippen MR) is 72.4 cm³/mol. The van der Waals surface area contributed by atoms with Crippen molar-refractivity contribution in [3.63, 3.8) is 0 Å². The highest BCUT2D eigenvalue weighted by molar-refractivity contribution is 9.10. The average molecular weight is 319 g/mol. The SMILES string of the molecule is Cc1ccc(N2CCCN(C)S2(=O)=O)c(Br)c1. The molecule has 0 spiro atoms. The van der Waals surface area contributed by atoms with Crippen LogP contribution in [0, 0.1) is 6.92 Å². The van der Waals surface area contributed by atoms with Gasteiger partial charge in [0, 0.05) is 24.6 Å². The highest BCUT2D eigenvalue weighted by atomic mass is 79.9. The maximum Gasteiger partial charge on any atom is 0.303 e. The Balaban J connectivity index is 2.45. The lowest BCUT2D eigenvalue weighted by molar-refractivity contribution is 0.438. The van der Waals surface area contributed by atoms with Crippen molar-refractivity contribution in [2.75, 3.05) is 24.4 Å². The van der Waals surface area contributed by atoms with Gasteiger partial charge in [0.25, 0.3) is 0 Å². The highest BCUT2D eigenvalue weighted by Gasteiger charge is 2.31. The van der Waals surface area contributed by atoms with E-state index in [1.807, 2.05) is 25.1 Å². The molecule has 2 rings (SSSR count). The van der Waals surface area contributed by atoms with Gasteiger partial charge in [-0.05, 0) is 47.0 Å². The summed E-state index contributed by atoms with van der Waals surface area (Å²) in [6, 6.07) is 5.69. The smallest absolute Gasteiger partial charge is 0.256 e. The molecule has 0 amide bonds. The third kappa shape index (κ3) is 2.34. The van der Waals surface area contributed by atoms with E-state index >= 15 is 0 Å². The van der Waals surface area contributed by atoms with Crippen molar-refractivity contribution in [3.05, 3.63) is 28.2 Å². The molecular weight excluding hydrogens is 304 g/mol. The molecule has 0 N–H and O–H groups in total. The summed E-state index contributed by atoms with van der Waals surface area (Å²) in [6.07, 6.45) is 0.843. The minimum atomic E-state index is -3.35. The van der Waals surface area contributed by atoms with Crippen LogP contribution in [0.15, 0.2) is 22.7 Å². The van der Waals surface area contributed by atoms with E-state index in [0.717, 1.165) is 16.5 Å². The van der Waals surface area contributed by atoms with Crippen LogP contribution >= 0.6 is 15.9 Å². The summed E-state index contributed by atoms with van der Waals surface area (Å²) >= 11 is 3.43. The summed E-state index contributed by atoms with van der Waals surface area (Å²) in [5, 5.41) is 0. The minimum Gasteiger partial charge on any atom is -0.256 e. The Kier molecular flexibility index (Phi) is 3.47. The molecule has 4 nitrogen and oxygen atoms in total. The fourth-order valence-corrected chi connectivity index (χ4v) is 4.18. The summed E-state index contributed by atoms with van der Waals surface area (Å²) in [5.74, 6) is 0.